The van der Waals surface area contributed by atoms with E-state index in [1.807, 2.05) is 23.9 Å². The van der Waals surface area contributed by atoms with E-state index in [0.717, 1.165) is 17.2 Å². The van der Waals surface area contributed by atoms with Crippen LogP contribution in [0.1, 0.15) is 57.6 Å². The van der Waals surface area contributed by atoms with E-state index in [-0.39, 0.29) is 5.41 Å². The van der Waals surface area contributed by atoms with E-state index in [1.165, 1.54) is 16.7 Å². The minimum Gasteiger partial charge on any atom is -0.270 e. The average Bonchev–Trinajstić information content (AvgIpc) is 3.05. The van der Waals surface area contributed by atoms with Crippen LogP contribution in [0.2, 0.25) is 0 Å². The van der Waals surface area contributed by atoms with Gasteiger partial charge in [0.25, 0.3) is 5.82 Å². The van der Waals surface area contributed by atoms with Crippen molar-refractivity contribution in [2.75, 3.05) is 0 Å². The van der Waals surface area contributed by atoms with Crippen molar-refractivity contribution in [1.29, 1.82) is 0 Å². The highest BCUT2D eigenvalue weighted by atomic mass is 15.3. The van der Waals surface area contributed by atoms with E-state index in [9.17, 15) is 0 Å². The Bertz CT molecular complexity index is 930. The third-order valence-electron chi connectivity index (χ3n) is 4.85. The summed E-state index contributed by atoms with van der Waals surface area (Å²) in [4.78, 5) is 4.46. The molecule has 0 aliphatic heterocycles. The van der Waals surface area contributed by atoms with Gasteiger partial charge in [-0.25, -0.2) is 4.57 Å². The van der Waals surface area contributed by atoms with Crippen molar-refractivity contribution in [1.82, 2.24) is 14.8 Å². The third-order valence-corrected chi connectivity index (χ3v) is 4.85. The summed E-state index contributed by atoms with van der Waals surface area (Å²) < 4.78 is 4.17. The van der Waals surface area contributed by atoms with Crippen LogP contribution < -0.4 is 4.57 Å². The lowest BCUT2D eigenvalue weighted by atomic mass is 9.84. The van der Waals surface area contributed by atoms with Crippen LogP contribution in [0.25, 0.3) is 16.9 Å². The predicted octanol–water partition coefficient (Wildman–Crippen LogP) is 4.72. The van der Waals surface area contributed by atoms with Gasteiger partial charge in [0, 0.05) is 36.4 Å². The molecular formula is C22H29N4+. The molecule has 0 aliphatic rings. The molecular weight excluding hydrogens is 320 g/mol. The summed E-state index contributed by atoms with van der Waals surface area (Å²) in [5, 5.41) is 4.81. The zero-order valence-corrected chi connectivity index (χ0v) is 16.9. The molecule has 0 saturated carbocycles. The molecule has 2 heterocycles. The molecule has 0 saturated heterocycles. The van der Waals surface area contributed by atoms with Crippen molar-refractivity contribution in [3.63, 3.8) is 0 Å². The molecule has 0 aliphatic carbocycles. The highest BCUT2D eigenvalue weighted by Crippen LogP contribution is 2.32. The largest absolute Gasteiger partial charge is 0.300 e. The monoisotopic (exact) mass is 349 g/mol. The number of nitrogens with zero attached hydrogens (tertiary/aromatic N) is 4. The first-order valence-electron chi connectivity index (χ1n) is 9.23. The zero-order chi connectivity index (χ0) is 19.1. The van der Waals surface area contributed by atoms with Gasteiger partial charge in [-0.15, -0.1) is 0 Å². The number of benzene rings is 1. The molecule has 0 unspecified atom stereocenters. The fourth-order valence-corrected chi connectivity index (χ4v) is 3.12. The smallest absolute Gasteiger partial charge is 0.270 e. The van der Waals surface area contributed by atoms with Gasteiger partial charge in [0.05, 0.1) is 5.69 Å². The second-order valence-electron chi connectivity index (χ2n) is 8.23. The van der Waals surface area contributed by atoms with Gasteiger partial charge in [-0.05, 0) is 49.9 Å². The van der Waals surface area contributed by atoms with Crippen LogP contribution in [-0.2, 0) is 5.41 Å². The molecule has 0 spiro atoms. The SMILES string of the molecule is Cc1c(-c2ccn(C(C)C)n2)cc(C(C)(C)C)cc1-[n+]1cccnc1C. The minimum absolute atomic E-state index is 0.0501. The Hall–Kier alpha value is -2.49. The molecule has 2 aromatic heterocycles. The predicted molar refractivity (Wildman–Crippen MR) is 106 cm³/mol. The van der Waals surface area contributed by atoms with Crippen molar-refractivity contribution in [2.45, 2.75) is 59.9 Å². The van der Waals surface area contributed by atoms with E-state index in [1.54, 1.807) is 0 Å². The van der Waals surface area contributed by atoms with Gasteiger partial charge in [-0.1, -0.05) is 25.8 Å². The molecule has 0 radical (unpaired) electrons. The Morgan fingerprint density at radius 1 is 1.12 bits per heavy atom. The molecule has 0 atom stereocenters. The highest BCUT2D eigenvalue weighted by Gasteiger charge is 2.22. The molecule has 3 aromatic rings. The fraction of sp³-hybridized carbons (Fsp3) is 0.409. The van der Waals surface area contributed by atoms with E-state index >= 15 is 0 Å². The minimum atomic E-state index is 0.0501. The van der Waals surface area contributed by atoms with Gasteiger partial charge in [-0.2, -0.15) is 5.10 Å². The van der Waals surface area contributed by atoms with Crippen molar-refractivity contribution in [3.8, 4) is 16.9 Å². The molecule has 26 heavy (non-hydrogen) atoms. The summed E-state index contributed by atoms with van der Waals surface area (Å²) in [6, 6.07) is 9.01. The van der Waals surface area contributed by atoms with Crippen LogP contribution in [0.3, 0.4) is 0 Å². The maximum absolute atomic E-state index is 4.81. The number of hydrogen-bond acceptors (Lipinski definition) is 2. The van der Waals surface area contributed by atoms with Crippen LogP contribution in [-0.4, -0.2) is 14.8 Å². The molecule has 0 bridgehead atoms. The fourth-order valence-electron chi connectivity index (χ4n) is 3.12. The summed E-state index contributed by atoms with van der Waals surface area (Å²) in [6.07, 6.45) is 5.97. The van der Waals surface area contributed by atoms with Gasteiger partial charge in [0.15, 0.2) is 0 Å². The summed E-state index contributed by atoms with van der Waals surface area (Å²) in [5.41, 5.74) is 5.93. The number of aryl methyl sites for hydroxylation is 1. The Balaban J connectivity index is 2.27. The molecule has 1 aromatic carbocycles. The van der Waals surface area contributed by atoms with Crippen LogP contribution in [0.4, 0.5) is 0 Å². The maximum Gasteiger partial charge on any atom is 0.300 e. The summed E-state index contributed by atoms with van der Waals surface area (Å²) >= 11 is 0. The standard InChI is InChI=1S/C22H29N4/c1-15(2)26-12-9-20(24-26)19-13-18(22(5,6)7)14-21(16(19)3)25-11-8-10-23-17(25)4/h8-15H,1-7H3/q+1. The van der Waals surface area contributed by atoms with Crippen LogP contribution in [0.15, 0.2) is 42.9 Å². The van der Waals surface area contributed by atoms with Crippen molar-refractivity contribution in [2.24, 2.45) is 0 Å². The Labute approximate surface area is 156 Å². The van der Waals surface area contributed by atoms with Gasteiger partial charge >= 0.3 is 0 Å². The van der Waals surface area contributed by atoms with Gasteiger partial charge in [-0.3, -0.25) is 4.68 Å². The first-order valence-corrected chi connectivity index (χ1v) is 9.23. The number of rotatable bonds is 3. The number of hydrogen-bond donors (Lipinski definition) is 0. The van der Waals surface area contributed by atoms with Crippen molar-refractivity contribution in [3.05, 3.63) is 59.8 Å². The lowest BCUT2D eigenvalue weighted by Crippen LogP contribution is -2.36. The summed E-state index contributed by atoms with van der Waals surface area (Å²) in [5.74, 6) is 0.973. The molecule has 0 N–H and O–H groups in total. The molecule has 4 nitrogen and oxygen atoms in total. The molecule has 3 rings (SSSR count). The van der Waals surface area contributed by atoms with E-state index < -0.39 is 0 Å². The topological polar surface area (TPSA) is 34.6 Å². The van der Waals surface area contributed by atoms with Gasteiger partial charge in [0.2, 0.25) is 0 Å². The van der Waals surface area contributed by atoms with Crippen molar-refractivity contribution >= 4 is 0 Å². The maximum atomic E-state index is 4.81. The van der Waals surface area contributed by atoms with Gasteiger partial charge < -0.3 is 0 Å². The molecule has 4 heteroatoms. The van der Waals surface area contributed by atoms with E-state index in [4.69, 9.17) is 5.10 Å². The summed E-state index contributed by atoms with van der Waals surface area (Å²) in [7, 11) is 0. The van der Waals surface area contributed by atoms with Crippen LogP contribution >= 0.6 is 0 Å². The Morgan fingerprint density at radius 2 is 1.85 bits per heavy atom. The average molecular weight is 350 g/mol. The zero-order valence-electron chi connectivity index (χ0n) is 16.9. The molecule has 0 fully saturated rings. The first kappa shape index (κ1) is 18.3. The van der Waals surface area contributed by atoms with E-state index in [2.05, 4.69) is 81.7 Å². The second kappa shape index (κ2) is 6.67. The van der Waals surface area contributed by atoms with Crippen molar-refractivity contribution < 1.29 is 4.57 Å². The number of aromatic nitrogens is 4. The lowest BCUT2D eigenvalue weighted by molar-refractivity contribution is -0.606. The molecule has 136 valence electrons. The van der Waals surface area contributed by atoms with Crippen LogP contribution in [0, 0.1) is 13.8 Å². The molecule has 0 amide bonds. The first-order chi connectivity index (χ1) is 12.2. The van der Waals surface area contributed by atoms with E-state index in [0.29, 0.717) is 6.04 Å². The lowest BCUT2D eigenvalue weighted by Gasteiger charge is -2.22. The Morgan fingerprint density at radius 3 is 2.42 bits per heavy atom. The van der Waals surface area contributed by atoms with Gasteiger partial charge in [0.1, 0.15) is 18.1 Å². The Kier molecular flexibility index (Phi) is 4.70. The normalized spacial score (nSPS) is 12.0. The third kappa shape index (κ3) is 3.41. The summed E-state index contributed by atoms with van der Waals surface area (Å²) in [6.45, 7) is 15.3. The van der Waals surface area contributed by atoms with Crippen LogP contribution in [0.5, 0.6) is 0 Å². The second-order valence-corrected chi connectivity index (χ2v) is 8.23. The highest BCUT2D eigenvalue weighted by molar-refractivity contribution is 5.68. The quantitative estimate of drug-likeness (QED) is 0.641.